The summed E-state index contributed by atoms with van der Waals surface area (Å²) in [5, 5.41) is 6.19. The van der Waals surface area contributed by atoms with Crippen LogP contribution in [0.3, 0.4) is 0 Å². The number of nitrogens with two attached hydrogens (primary N) is 1. The summed E-state index contributed by atoms with van der Waals surface area (Å²) in [6, 6.07) is 11.6. The van der Waals surface area contributed by atoms with Gasteiger partial charge in [-0.25, -0.2) is 9.18 Å². The van der Waals surface area contributed by atoms with Crippen molar-refractivity contribution in [3.63, 3.8) is 0 Å². The third kappa shape index (κ3) is 4.64. The van der Waals surface area contributed by atoms with Crippen molar-refractivity contribution in [2.45, 2.75) is 26.2 Å². The first-order chi connectivity index (χ1) is 10.8. The summed E-state index contributed by atoms with van der Waals surface area (Å²) >= 11 is 0. The Morgan fingerprint density at radius 1 is 1.09 bits per heavy atom. The van der Waals surface area contributed by atoms with E-state index < -0.39 is 8.07 Å². The lowest BCUT2D eigenvalue weighted by atomic mass is 10.2. The molecule has 0 heterocycles. The molecule has 0 radical (unpaired) electrons. The predicted molar refractivity (Wildman–Crippen MR) is 96.4 cm³/mol. The van der Waals surface area contributed by atoms with E-state index in [1.807, 2.05) is 18.2 Å². The third-order valence-corrected chi connectivity index (χ3v) is 5.45. The molecular weight excluding hydrogens is 309 g/mol. The van der Waals surface area contributed by atoms with E-state index in [0.717, 1.165) is 5.56 Å². The lowest BCUT2D eigenvalue weighted by molar-refractivity contribution is 0.262. The second-order valence-corrected chi connectivity index (χ2v) is 11.5. The van der Waals surface area contributed by atoms with Crippen LogP contribution in [0.15, 0.2) is 42.5 Å². The van der Waals surface area contributed by atoms with Gasteiger partial charge in [-0.2, -0.15) is 0 Å². The van der Waals surface area contributed by atoms with Gasteiger partial charge in [0.1, 0.15) is 5.82 Å². The van der Waals surface area contributed by atoms with Crippen LogP contribution >= 0.6 is 0 Å². The molecule has 0 unspecified atom stereocenters. The number of rotatable bonds is 4. The molecule has 2 rings (SSSR count). The van der Waals surface area contributed by atoms with Gasteiger partial charge in [-0.3, -0.25) is 0 Å². The maximum atomic E-state index is 13.9. The first-order valence-electron chi connectivity index (χ1n) is 7.46. The van der Waals surface area contributed by atoms with Crippen molar-refractivity contribution in [3.8, 4) is 0 Å². The number of carbonyl (C=O) groups is 1. The van der Waals surface area contributed by atoms with Crippen LogP contribution in [0.2, 0.25) is 19.6 Å². The van der Waals surface area contributed by atoms with Crippen molar-refractivity contribution in [1.29, 1.82) is 0 Å². The first-order valence-corrected chi connectivity index (χ1v) is 11.0. The Labute approximate surface area is 136 Å². The molecular formula is C17H22FN3OSi. The lowest BCUT2D eigenvalue weighted by Gasteiger charge is -2.19. The predicted octanol–water partition coefficient (Wildman–Crippen LogP) is 3.47. The molecule has 0 fully saturated rings. The molecule has 0 saturated heterocycles. The van der Waals surface area contributed by atoms with Crippen LogP contribution in [0.25, 0.3) is 0 Å². The Bertz CT molecular complexity index is 713. The van der Waals surface area contributed by atoms with Gasteiger partial charge in [0.25, 0.3) is 0 Å². The van der Waals surface area contributed by atoms with Crippen molar-refractivity contribution in [1.82, 2.24) is 0 Å². The van der Waals surface area contributed by atoms with Crippen molar-refractivity contribution in [3.05, 3.63) is 53.8 Å². The number of amides is 2. The Kier molecular flexibility index (Phi) is 5.18. The average molecular weight is 331 g/mol. The lowest BCUT2D eigenvalue weighted by Crippen LogP contribution is -2.40. The van der Waals surface area contributed by atoms with E-state index in [2.05, 4.69) is 30.3 Å². The smallest absolute Gasteiger partial charge is 0.323 e. The monoisotopic (exact) mass is 331 g/mol. The SMILES string of the molecule is C[Si](C)(C)c1cc(NC(=O)Nc2cccc(CN)c2)ccc1F. The number of hydrogen-bond acceptors (Lipinski definition) is 2. The fraction of sp³-hybridized carbons (Fsp3) is 0.235. The van der Waals surface area contributed by atoms with E-state index in [0.29, 0.717) is 23.1 Å². The molecule has 0 atom stereocenters. The molecule has 4 N–H and O–H groups in total. The van der Waals surface area contributed by atoms with Gasteiger partial charge in [0.15, 0.2) is 0 Å². The minimum absolute atomic E-state index is 0.217. The standard InChI is InChI=1S/C17H22FN3OSi/c1-23(2,3)16-10-14(7-8-15(16)18)21-17(22)20-13-6-4-5-12(9-13)11-19/h4-10H,11,19H2,1-3H3,(H2,20,21,22). The van der Waals surface area contributed by atoms with Crippen LogP contribution in [-0.2, 0) is 6.54 Å². The van der Waals surface area contributed by atoms with Crippen LogP contribution in [0, 0.1) is 5.82 Å². The molecule has 0 saturated carbocycles. The number of hydrogen-bond donors (Lipinski definition) is 3. The Hall–Kier alpha value is -2.18. The van der Waals surface area contributed by atoms with Crippen molar-refractivity contribution >= 4 is 30.7 Å². The minimum Gasteiger partial charge on any atom is -0.326 e. The molecule has 122 valence electrons. The van der Waals surface area contributed by atoms with Gasteiger partial charge >= 0.3 is 6.03 Å². The van der Waals surface area contributed by atoms with Gasteiger partial charge in [-0.05, 0) is 41.1 Å². The molecule has 2 aromatic rings. The molecule has 0 aromatic heterocycles. The van der Waals surface area contributed by atoms with E-state index in [9.17, 15) is 9.18 Å². The average Bonchev–Trinajstić information content (AvgIpc) is 2.48. The van der Waals surface area contributed by atoms with Crippen LogP contribution in [0.5, 0.6) is 0 Å². The number of nitrogens with one attached hydrogen (secondary N) is 2. The number of urea groups is 1. The van der Waals surface area contributed by atoms with E-state index >= 15 is 0 Å². The van der Waals surface area contributed by atoms with Gasteiger partial charge in [0.05, 0.1) is 8.07 Å². The molecule has 4 nitrogen and oxygen atoms in total. The summed E-state index contributed by atoms with van der Waals surface area (Å²) in [7, 11) is -1.81. The molecule has 2 amide bonds. The zero-order chi connectivity index (χ0) is 17.0. The Morgan fingerprint density at radius 3 is 2.35 bits per heavy atom. The molecule has 6 heteroatoms. The maximum Gasteiger partial charge on any atom is 0.323 e. The highest BCUT2D eigenvalue weighted by atomic mass is 28.3. The number of anilines is 2. The van der Waals surface area contributed by atoms with E-state index in [4.69, 9.17) is 5.73 Å². The summed E-state index contributed by atoms with van der Waals surface area (Å²) in [6.45, 7) is 6.60. The summed E-state index contributed by atoms with van der Waals surface area (Å²) in [6.07, 6.45) is 0. The fourth-order valence-corrected chi connectivity index (χ4v) is 3.64. The second-order valence-electron chi connectivity index (χ2n) is 6.43. The molecule has 0 bridgehead atoms. The first kappa shape index (κ1) is 17.2. The third-order valence-electron chi connectivity index (χ3n) is 3.45. The van der Waals surface area contributed by atoms with Gasteiger partial charge in [-0.15, -0.1) is 0 Å². The van der Waals surface area contributed by atoms with Crippen LogP contribution in [0.1, 0.15) is 5.56 Å². The van der Waals surface area contributed by atoms with Crippen LogP contribution in [-0.4, -0.2) is 14.1 Å². The van der Waals surface area contributed by atoms with Crippen LogP contribution < -0.4 is 21.6 Å². The van der Waals surface area contributed by atoms with E-state index in [-0.39, 0.29) is 11.8 Å². The molecule has 0 spiro atoms. The summed E-state index contributed by atoms with van der Waals surface area (Å²) in [5.41, 5.74) is 7.77. The van der Waals surface area contributed by atoms with E-state index in [1.54, 1.807) is 18.2 Å². The number of benzene rings is 2. The van der Waals surface area contributed by atoms with Gasteiger partial charge < -0.3 is 16.4 Å². The van der Waals surface area contributed by atoms with Gasteiger partial charge in [0.2, 0.25) is 0 Å². The zero-order valence-electron chi connectivity index (χ0n) is 13.6. The molecule has 0 aliphatic rings. The normalized spacial score (nSPS) is 11.2. The summed E-state index contributed by atoms with van der Waals surface area (Å²) in [5.74, 6) is -0.217. The van der Waals surface area contributed by atoms with E-state index in [1.165, 1.54) is 6.07 Å². The Balaban J connectivity index is 2.11. The van der Waals surface area contributed by atoms with Crippen LogP contribution in [0.4, 0.5) is 20.6 Å². The second kappa shape index (κ2) is 6.93. The highest BCUT2D eigenvalue weighted by Crippen LogP contribution is 2.14. The number of halogens is 1. The quantitative estimate of drug-likeness (QED) is 0.751. The zero-order valence-corrected chi connectivity index (χ0v) is 14.6. The summed E-state index contributed by atoms with van der Waals surface area (Å²) in [4.78, 5) is 12.1. The summed E-state index contributed by atoms with van der Waals surface area (Å²) < 4.78 is 13.9. The highest BCUT2D eigenvalue weighted by Gasteiger charge is 2.21. The highest BCUT2D eigenvalue weighted by molar-refractivity contribution is 6.88. The molecule has 0 aliphatic heterocycles. The maximum absolute atomic E-state index is 13.9. The van der Waals surface area contributed by atoms with Crippen molar-refractivity contribution < 1.29 is 9.18 Å². The largest absolute Gasteiger partial charge is 0.326 e. The van der Waals surface area contributed by atoms with Crippen molar-refractivity contribution in [2.75, 3.05) is 10.6 Å². The minimum atomic E-state index is -1.81. The number of carbonyl (C=O) groups excluding carboxylic acids is 1. The van der Waals surface area contributed by atoms with Gasteiger partial charge in [0, 0.05) is 17.9 Å². The fourth-order valence-electron chi connectivity index (χ4n) is 2.25. The van der Waals surface area contributed by atoms with Gasteiger partial charge in [-0.1, -0.05) is 31.8 Å². The van der Waals surface area contributed by atoms with Crippen molar-refractivity contribution in [2.24, 2.45) is 5.73 Å². The Morgan fingerprint density at radius 2 is 1.74 bits per heavy atom. The molecule has 2 aromatic carbocycles. The molecule has 0 aliphatic carbocycles. The molecule has 23 heavy (non-hydrogen) atoms. The topological polar surface area (TPSA) is 67.2 Å².